The van der Waals surface area contributed by atoms with Crippen LogP contribution >= 0.6 is 0 Å². The Morgan fingerprint density at radius 3 is 2.18 bits per heavy atom. The Labute approximate surface area is 227 Å². The monoisotopic (exact) mass is 532 g/mol. The number of rotatable bonds is 11. The molecule has 1 saturated heterocycles. The second-order valence-electron chi connectivity index (χ2n) is 8.65. The van der Waals surface area contributed by atoms with Gasteiger partial charge in [0, 0.05) is 36.3 Å². The summed E-state index contributed by atoms with van der Waals surface area (Å²) in [6.45, 7) is 6.66. The molecule has 1 fully saturated rings. The summed E-state index contributed by atoms with van der Waals surface area (Å²) in [5.74, 6) is -0.562. The predicted molar refractivity (Wildman–Crippen MR) is 147 cm³/mol. The van der Waals surface area contributed by atoms with Gasteiger partial charge in [0.1, 0.15) is 11.5 Å². The van der Waals surface area contributed by atoms with Crippen LogP contribution < -0.4 is 19.7 Å². The molecule has 39 heavy (non-hydrogen) atoms. The van der Waals surface area contributed by atoms with Gasteiger partial charge in [-0.3, -0.25) is 9.59 Å². The maximum Gasteiger partial charge on any atom is 0.339 e. The van der Waals surface area contributed by atoms with Gasteiger partial charge in [0.15, 0.2) is 12.4 Å². The van der Waals surface area contributed by atoms with E-state index in [0.717, 1.165) is 5.69 Å². The van der Waals surface area contributed by atoms with E-state index in [1.54, 1.807) is 54.6 Å². The maximum atomic E-state index is 13.0. The number of nitrogens with one attached hydrogen (secondary N) is 1. The summed E-state index contributed by atoms with van der Waals surface area (Å²) >= 11 is 0. The zero-order valence-corrected chi connectivity index (χ0v) is 22.1. The van der Waals surface area contributed by atoms with E-state index in [2.05, 4.69) is 10.2 Å². The first-order valence-electron chi connectivity index (χ1n) is 12.9. The summed E-state index contributed by atoms with van der Waals surface area (Å²) < 4.78 is 22.4. The summed E-state index contributed by atoms with van der Waals surface area (Å²) in [7, 11) is 0. The number of ketones is 1. The minimum atomic E-state index is -0.771. The second-order valence-corrected chi connectivity index (χ2v) is 8.65. The van der Waals surface area contributed by atoms with Crippen molar-refractivity contribution in [2.45, 2.75) is 13.8 Å². The van der Waals surface area contributed by atoms with Gasteiger partial charge >= 0.3 is 5.97 Å². The third-order valence-corrected chi connectivity index (χ3v) is 6.05. The molecule has 0 saturated carbocycles. The Morgan fingerprint density at radius 2 is 1.49 bits per heavy atom. The molecule has 1 heterocycles. The first kappa shape index (κ1) is 27.7. The van der Waals surface area contributed by atoms with Gasteiger partial charge in [-0.25, -0.2) is 4.79 Å². The van der Waals surface area contributed by atoms with E-state index < -0.39 is 18.5 Å². The van der Waals surface area contributed by atoms with Crippen molar-refractivity contribution in [3.05, 3.63) is 83.4 Å². The van der Waals surface area contributed by atoms with Gasteiger partial charge in [0.25, 0.3) is 5.91 Å². The standard InChI is InChI=1S/C30H32N2O7/c1-3-37-26-19-25(32-14-16-36-17-15-32)27(38-4-2)18-24(26)31-28(33)20-39-30(35)23-13-9-8-12-22(23)29(34)21-10-6-5-7-11-21/h5-13,18-19H,3-4,14-17,20H2,1-2H3,(H,31,33). The largest absolute Gasteiger partial charge is 0.492 e. The van der Waals surface area contributed by atoms with Crippen molar-refractivity contribution < 1.29 is 33.3 Å². The fourth-order valence-corrected chi connectivity index (χ4v) is 4.24. The van der Waals surface area contributed by atoms with Gasteiger partial charge in [-0.2, -0.15) is 0 Å². The summed E-state index contributed by atoms with van der Waals surface area (Å²) in [6, 6.07) is 18.6. The van der Waals surface area contributed by atoms with Crippen LogP contribution in [-0.4, -0.2) is 63.8 Å². The van der Waals surface area contributed by atoms with Crippen LogP contribution in [0, 0.1) is 0 Å². The molecule has 1 amide bonds. The molecule has 4 rings (SSSR count). The van der Waals surface area contributed by atoms with E-state index >= 15 is 0 Å². The molecular formula is C30H32N2O7. The number of amides is 1. The quantitative estimate of drug-likeness (QED) is 0.287. The molecule has 0 atom stereocenters. The normalized spacial score (nSPS) is 12.9. The van der Waals surface area contributed by atoms with E-state index in [1.165, 1.54) is 6.07 Å². The van der Waals surface area contributed by atoms with E-state index in [0.29, 0.717) is 62.3 Å². The van der Waals surface area contributed by atoms with Gasteiger partial charge in [0.05, 0.1) is 43.4 Å². The number of benzene rings is 3. The maximum absolute atomic E-state index is 13.0. The molecule has 0 aliphatic carbocycles. The minimum Gasteiger partial charge on any atom is -0.492 e. The highest BCUT2D eigenvalue weighted by Crippen LogP contribution is 2.39. The zero-order valence-electron chi connectivity index (χ0n) is 22.1. The van der Waals surface area contributed by atoms with E-state index in [4.69, 9.17) is 18.9 Å². The predicted octanol–water partition coefficient (Wildman–Crippen LogP) is 4.35. The molecule has 1 N–H and O–H groups in total. The van der Waals surface area contributed by atoms with Gasteiger partial charge < -0.3 is 29.2 Å². The Bertz CT molecular complexity index is 1300. The van der Waals surface area contributed by atoms with Crippen LogP contribution in [0.4, 0.5) is 11.4 Å². The summed E-state index contributed by atoms with van der Waals surface area (Å²) in [5, 5.41) is 2.76. The molecule has 9 nitrogen and oxygen atoms in total. The van der Waals surface area contributed by atoms with Crippen molar-refractivity contribution in [1.82, 2.24) is 0 Å². The van der Waals surface area contributed by atoms with Gasteiger partial charge in [0.2, 0.25) is 0 Å². The fourth-order valence-electron chi connectivity index (χ4n) is 4.24. The Kier molecular flexibility index (Phi) is 9.53. The number of hydrogen-bond donors (Lipinski definition) is 1. The van der Waals surface area contributed by atoms with Crippen molar-refractivity contribution in [2.24, 2.45) is 0 Å². The zero-order chi connectivity index (χ0) is 27.6. The van der Waals surface area contributed by atoms with Crippen molar-refractivity contribution in [3.63, 3.8) is 0 Å². The molecule has 9 heteroatoms. The van der Waals surface area contributed by atoms with Crippen LogP contribution in [0.25, 0.3) is 0 Å². The molecule has 204 valence electrons. The van der Waals surface area contributed by atoms with Crippen molar-refractivity contribution >= 4 is 29.0 Å². The van der Waals surface area contributed by atoms with Crippen LogP contribution in [0.3, 0.4) is 0 Å². The molecule has 3 aromatic rings. The highest BCUT2D eigenvalue weighted by molar-refractivity contribution is 6.14. The molecule has 0 aromatic heterocycles. The topological polar surface area (TPSA) is 103 Å². The first-order chi connectivity index (χ1) is 19.0. The number of ether oxygens (including phenoxy) is 4. The third kappa shape index (κ3) is 6.94. The number of morpholine rings is 1. The minimum absolute atomic E-state index is 0.0858. The summed E-state index contributed by atoms with van der Waals surface area (Å²) in [5.41, 5.74) is 1.99. The SMILES string of the molecule is CCOc1cc(N2CCOCC2)c(OCC)cc1NC(=O)COC(=O)c1ccccc1C(=O)c1ccccc1. The smallest absolute Gasteiger partial charge is 0.339 e. The Hall–Kier alpha value is -4.37. The van der Waals surface area contributed by atoms with Crippen LogP contribution in [0.1, 0.15) is 40.1 Å². The molecule has 0 bridgehead atoms. The number of carbonyl (C=O) groups is 3. The molecule has 0 radical (unpaired) electrons. The lowest BCUT2D eigenvalue weighted by Gasteiger charge is -2.31. The van der Waals surface area contributed by atoms with Gasteiger partial charge in [-0.05, 0) is 19.9 Å². The van der Waals surface area contributed by atoms with Gasteiger partial charge in [-0.1, -0.05) is 48.5 Å². The lowest BCUT2D eigenvalue weighted by Crippen LogP contribution is -2.36. The summed E-state index contributed by atoms with van der Waals surface area (Å²) in [6.07, 6.45) is 0. The highest BCUT2D eigenvalue weighted by Gasteiger charge is 2.22. The van der Waals surface area contributed by atoms with Crippen LogP contribution in [0.2, 0.25) is 0 Å². The van der Waals surface area contributed by atoms with Crippen LogP contribution in [0.5, 0.6) is 11.5 Å². The highest BCUT2D eigenvalue weighted by atomic mass is 16.5. The number of carbonyl (C=O) groups excluding carboxylic acids is 3. The van der Waals surface area contributed by atoms with E-state index in [1.807, 2.05) is 19.9 Å². The third-order valence-electron chi connectivity index (χ3n) is 6.05. The number of esters is 1. The lowest BCUT2D eigenvalue weighted by atomic mass is 9.98. The first-order valence-corrected chi connectivity index (χ1v) is 12.9. The van der Waals surface area contributed by atoms with Crippen LogP contribution in [0.15, 0.2) is 66.7 Å². The van der Waals surface area contributed by atoms with Crippen molar-refractivity contribution in [2.75, 3.05) is 56.3 Å². The van der Waals surface area contributed by atoms with Crippen LogP contribution in [-0.2, 0) is 14.3 Å². The number of hydrogen-bond acceptors (Lipinski definition) is 8. The lowest BCUT2D eigenvalue weighted by molar-refractivity contribution is -0.119. The van der Waals surface area contributed by atoms with Gasteiger partial charge in [-0.15, -0.1) is 0 Å². The molecule has 1 aliphatic rings. The average Bonchev–Trinajstić information content (AvgIpc) is 2.98. The molecule has 0 spiro atoms. The second kappa shape index (κ2) is 13.4. The fraction of sp³-hybridized carbons (Fsp3) is 0.300. The number of nitrogens with zero attached hydrogens (tertiary/aromatic N) is 1. The Balaban J connectivity index is 1.48. The van der Waals surface area contributed by atoms with E-state index in [-0.39, 0.29) is 16.9 Å². The average molecular weight is 533 g/mol. The van der Waals surface area contributed by atoms with Crippen molar-refractivity contribution in [1.29, 1.82) is 0 Å². The van der Waals surface area contributed by atoms with Crippen molar-refractivity contribution in [3.8, 4) is 11.5 Å². The summed E-state index contributed by atoms with van der Waals surface area (Å²) in [4.78, 5) is 40.8. The molecule has 3 aromatic carbocycles. The molecule has 1 aliphatic heterocycles. The number of anilines is 2. The molecule has 0 unspecified atom stereocenters. The molecular weight excluding hydrogens is 500 g/mol. The Morgan fingerprint density at radius 1 is 0.846 bits per heavy atom. The van der Waals surface area contributed by atoms with E-state index in [9.17, 15) is 14.4 Å².